The highest BCUT2D eigenvalue weighted by Crippen LogP contribution is 2.16. The highest BCUT2D eigenvalue weighted by molar-refractivity contribution is 5.70. The highest BCUT2D eigenvalue weighted by Gasteiger charge is 1.98. The number of benzene rings is 1. The Kier molecular flexibility index (Phi) is 3.87. The molecule has 0 aliphatic heterocycles. The Morgan fingerprint density at radius 1 is 1.21 bits per heavy atom. The molecule has 2 rings (SSSR count). The number of rotatable bonds is 4. The van der Waals surface area contributed by atoms with Crippen molar-refractivity contribution in [2.45, 2.75) is 6.42 Å². The van der Waals surface area contributed by atoms with Gasteiger partial charge in [0.2, 0.25) is 0 Å². The third-order valence-corrected chi connectivity index (χ3v) is 2.49. The molecule has 0 aliphatic carbocycles. The van der Waals surface area contributed by atoms with E-state index in [2.05, 4.69) is 10.2 Å². The molecule has 0 saturated heterocycles. The molecule has 0 fully saturated rings. The maximum atomic E-state index is 10.9. The molecule has 2 aromatic rings. The Balaban J connectivity index is 2.14. The normalized spacial score (nSPS) is 10.7. The number of carboxylic acids is 1. The molecule has 5 heteroatoms. The molecule has 1 aromatic heterocycles. The molecule has 19 heavy (non-hydrogen) atoms. The third-order valence-electron chi connectivity index (χ3n) is 2.49. The van der Waals surface area contributed by atoms with Crippen LogP contribution in [0.1, 0.15) is 12.0 Å². The zero-order valence-corrected chi connectivity index (χ0v) is 10.0. The predicted octanol–water partition coefficient (Wildman–Crippen LogP) is 1.92. The molecule has 1 heterocycles. The molecule has 0 saturated carbocycles. The first-order valence-corrected chi connectivity index (χ1v) is 5.69. The number of hydrogen-bond acceptors (Lipinski definition) is 3. The van der Waals surface area contributed by atoms with Crippen molar-refractivity contribution >= 4 is 12.0 Å². The van der Waals surface area contributed by atoms with Crippen LogP contribution >= 0.6 is 0 Å². The molecule has 0 aliphatic rings. The highest BCUT2D eigenvalue weighted by atomic mass is 16.4. The average Bonchev–Trinajstić information content (AvgIpc) is 2.40. The van der Waals surface area contributed by atoms with Crippen LogP contribution in [0.3, 0.4) is 0 Å². The van der Waals surface area contributed by atoms with Crippen LogP contribution in [0, 0.1) is 0 Å². The van der Waals surface area contributed by atoms with Crippen molar-refractivity contribution in [3.63, 3.8) is 0 Å². The molecular formula is C14H12N2O3. The van der Waals surface area contributed by atoms with E-state index in [1.165, 1.54) is 6.07 Å². The van der Waals surface area contributed by atoms with Crippen molar-refractivity contribution in [1.29, 1.82) is 0 Å². The van der Waals surface area contributed by atoms with E-state index in [4.69, 9.17) is 5.11 Å². The summed E-state index contributed by atoms with van der Waals surface area (Å²) in [6.45, 7) is 0. The zero-order valence-electron chi connectivity index (χ0n) is 10.0. The van der Waals surface area contributed by atoms with Gasteiger partial charge in [0.05, 0.1) is 12.1 Å². The van der Waals surface area contributed by atoms with Crippen LogP contribution in [0.2, 0.25) is 0 Å². The molecular weight excluding hydrogens is 244 g/mol. The first kappa shape index (κ1) is 12.8. The van der Waals surface area contributed by atoms with Crippen LogP contribution in [-0.2, 0) is 4.79 Å². The van der Waals surface area contributed by atoms with Crippen molar-refractivity contribution in [3.05, 3.63) is 58.4 Å². The maximum absolute atomic E-state index is 10.9. The fourth-order valence-electron chi connectivity index (χ4n) is 1.57. The second-order valence-electron chi connectivity index (χ2n) is 3.93. The van der Waals surface area contributed by atoms with Gasteiger partial charge in [-0.1, -0.05) is 36.4 Å². The van der Waals surface area contributed by atoms with Gasteiger partial charge in [-0.2, -0.15) is 5.10 Å². The molecule has 2 N–H and O–H groups in total. The minimum atomic E-state index is -0.856. The molecule has 0 amide bonds. The average molecular weight is 256 g/mol. The first-order valence-electron chi connectivity index (χ1n) is 5.69. The van der Waals surface area contributed by atoms with Gasteiger partial charge in [-0.15, -0.1) is 0 Å². The molecule has 0 atom stereocenters. The fraction of sp³-hybridized carbons (Fsp3) is 0.0714. The number of H-pyrrole nitrogens is 1. The number of nitrogens with zero attached hydrogens (tertiary/aromatic N) is 1. The quantitative estimate of drug-likeness (QED) is 0.875. The fourth-order valence-corrected chi connectivity index (χ4v) is 1.57. The van der Waals surface area contributed by atoms with Gasteiger partial charge in [0.25, 0.3) is 5.56 Å². The van der Waals surface area contributed by atoms with Crippen molar-refractivity contribution in [1.82, 2.24) is 10.2 Å². The summed E-state index contributed by atoms with van der Waals surface area (Å²) in [6.07, 6.45) is 3.34. The summed E-state index contributed by atoms with van der Waals surface area (Å²) in [5.74, 6) is -0.856. The Labute approximate surface area is 109 Å². The van der Waals surface area contributed by atoms with E-state index in [9.17, 15) is 9.59 Å². The molecule has 96 valence electrons. The number of carboxylic acid groups (broad SMARTS) is 1. The lowest BCUT2D eigenvalue weighted by atomic mass is 10.1. The van der Waals surface area contributed by atoms with Gasteiger partial charge in [0.15, 0.2) is 0 Å². The Hall–Kier alpha value is -2.69. The van der Waals surface area contributed by atoms with Crippen molar-refractivity contribution in [3.8, 4) is 11.3 Å². The lowest BCUT2D eigenvalue weighted by Crippen LogP contribution is -2.05. The summed E-state index contributed by atoms with van der Waals surface area (Å²) >= 11 is 0. The standard InChI is InChI=1S/C14H12N2O3/c17-13-9-8-12(15-16-13)11-6-4-10(5-7-11)2-1-3-14(18)19/h1-2,4-9H,3H2,(H,16,17)(H,18,19). The third kappa shape index (κ3) is 3.64. The summed E-state index contributed by atoms with van der Waals surface area (Å²) in [5.41, 5.74) is 2.23. The van der Waals surface area contributed by atoms with Gasteiger partial charge in [0.1, 0.15) is 0 Å². The smallest absolute Gasteiger partial charge is 0.307 e. The van der Waals surface area contributed by atoms with Crippen LogP contribution in [0.15, 0.2) is 47.3 Å². The Morgan fingerprint density at radius 3 is 2.53 bits per heavy atom. The van der Waals surface area contributed by atoms with E-state index in [0.717, 1.165) is 11.1 Å². The SMILES string of the molecule is O=C(O)CC=Cc1ccc(-c2ccc(=O)[nH]n2)cc1. The Bertz CT molecular complexity index is 637. The zero-order chi connectivity index (χ0) is 13.7. The number of carbonyl (C=O) groups is 1. The second-order valence-corrected chi connectivity index (χ2v) is 3.93. The summed E-state index contributed by atoms with van der Waals surface area (Å²) < 4.78 is 0. The summed E-state index contributed by atoms with van der Waals surface area (Å²) in [4.78, 5) is 21.3. The van der Waals surface area contributed by atoms with Gasteiger partial charge in [-0.05, 0) is 11.6 Å². The number of hydrogen-bond donors (Lipinski definition) is 2. The minimum absolute atomic E-state index is 0.00320. The predicted molar refractivity (Wildman–Crippen MR) is 71.6 cm³/mol. The summed E-state index contributed by atoms with van der Waals surface area (Å²) in [6, 6.07) is 10.5. The van der Waals surface area contributed by atoms with E-state index in [1.807, 2.05) is 24.3 Å². The molecule has 0 unspecified atom stereocenters. The van der Waals surface area contributed by atoms with E-state index in [0.29, 0.717) is 5.69 Å². The first-order chi connectivity index (χ1) is 9.15. The topological polar surface area (TPSA) is 83.0 Å². The van der Waals surface area contributed by atoms with Gasteiger partial charge in [0, 0.05) is 11.6 Å². The van der Waals surface area contributed by atoms with Crippen molar-refractivity contribution < 1.29 is 9.90 Å². The molecule has 5 nitrogen and oxygen atoms in total. The minimum Gasteiger partial charge on any atom is -0.481 e. The number of aromatic nitrogens is 2. The molecule has 0 bridgehead atoms. The molecule has 1 aromatic carbocycles. The van der Waals surface area contributed by atoms with E-state index in [-0.39, 0.29) is 12.0 Å². The van der Waals surface area contributed by atoms with Crippen LogP contribution in [-0.4, -0.2) is 21.3 Å². The summed E-state index contributed by atoms with van der Waals surface area (Å²) in [7, 11) is 0. The van der Waals surface area contributed by atoms with Crippen molar-refractivity contribution in [2.24, 2.45) is 0 Å². The number of aromatic amines is 1. The Morgan fingerprint density at radius 2 is 1.95 bits per heavy atom. The van der Waals surface area contributed by atoms with E-state index in [1.54, 1.807) is 18.2 Å². The number of nitrogens with one attached hydrogen (secondary N) is 1. The van der Waals surface area contributed by atoms with Crippen molar-refractivity contribution in [2.75, 3.05) is 0 Å². The number of aliphatic carboxylic acids is 1. The van der Waals surface area contributed by atoms with Crippen LogP contribution in [0.25, 0.3) is 17.3 Å². The van der Waals surface area contributed by atoms with Gasteiger partial charge in [-0.25, -0.2) is 5.10 Å². The molecule has 0 radical (unpaired) electrons. The largest absolute Gasteiger partial charge is 0.481 e. The van der Waals surface area contributed by atoms with Gasteiger partial charge >= 0.3 is 5.97 Å². The monoisotopic (exact) mass is 256 g/mol. The van der Waals surface area contributed by atoms with E-state index < -0.39 is 5.97 Å². The van der Waals surface area contributed by atoms with Crippen LogP contribution < -0.4 is 5.56 Å². The van der Waals surface area contributed by atoms with Crippen LogP contribution in [0.5, 0.6) is 0 Å². The lowest BCUT2D eigenvalue weighted by molar-refractivity contribution is -0.135. The van der Waals surface area contributed by atoms with E-state index >= 15 is 0 Å². The van der Waals surface area contributed by atoms with Crippen LogP contribution in [0.4, 0.5) is 0 Å². The second kappa shape index (κ2) is 5.77. The van der Waals surface area contributed by atoms with Gasteiger partial charge < -0.3 is 5.11 Å². The summed E-state index contributed by atoms with van der Waals surface area (Å²) in [5, 5.41) is 14.8. The van der Waals surface area contributed by atoms with Gasteiger partial charge in [-0.3, -0.25) is 9.59 Å². The lowest BCUT2D eigenvalue weighted by Gasteiger charge is -2.00. The maximum Gasteiger partial charge on any atom is 0.307 e. The molecule has 0 spiro atoms.